The van der Waals surface area contributed by atoms with Crippen LogP contribution < -0.4 is 5.73 Å². The number of hydrogen-bond donors (Lipinski definition) is 1. The third-order valence-electron chi connectivity index (χ3n) is 4.34. The second kappa shape index (κ2) is 4.61. The van der Waals surface area contributed by atoms with Gasteiger partial charge < -0.3 is 10.5 Å². The smallest absolute Gasteiger partial charge is 0.141 e. The number of carbonyl (C=O) groups excluding carboxylic acids is 1. The van der Waals surface area contributed by atoms with Gasteiger partial charge in [0.25, 0.3) is 0 Å². The van der Waals surface area contributed by atoms with Crippen LogP contribution in [0.5, 0.6) is 0 Å². The second-order valence-corrected chi connectivity index (χ2v) is 6.71. The van der Waals surface area contributed by atoms with Crippen molar-refractivity contribution in [3.63, 3.8) is 0 Å². The Morgan fingerprint density at radius 1 is 1.43 bits per heavy atom. The van der Waals surface area contributed by atoms with Crippen LogP contribution in [0.15, 0.2) is 12.1 Å². The van der Waals surface area contributed by atoms with Crippen LogP contribution in [0.25, 0.3) is 10.9 Å². The zero-order valence-electron chi connectivity index (χ0n) is 11.1. The van der Waals surface area contributed by atoms with Gasteiger partial charge in [-0.1, -0.05) is 0 Å². The van der Waals surface area contributed by atoms with E-state index < -0.39 is 0 Å². The Bertz CT molecular complexity index is 775. The van der Waals surface area contributed by atoms with Gasteiger partial charge in [0.05, 0.1) is 20.8 Å². The van der Waals surface area contributed by atoms with E-state index in [1.807, 2.05) is 22.6 Å². The molecule has 108 valence electrons. The minimum Gasteiger partial charge on any atom is -0.398 e. The summed E-state index contributed by atoms with van der Waals surface area (Å²) in [5.74, 6) is -0.293. The van der Waals surface area contributed by atoms with Crippen LogP contribution in [-0.4, -0.2) is 22.2 Å². The molecule has 4 nitrogen and oxygen atoms in total. The number of hydrogen-bond acceptors (Lipinski definition) is 4. The van der Waals surface area contributed by atoms with Crippen molar-refractivity contribution >= 4 is 45.5 Å². The summed E-state index contributed by atoms with van der Waals surface area (Å²) in [5, 5.41) is 0.726. The highest BCUT2D eigenvalue weighted by Gasteiger charge is 2.41. The molecular weight excluding hydrogens is 384 g/mol. The van der Waals surface area contributed by atoms with E-state index in [1.165, 1.54) is 6.07 Å². The van der Waals surface area contributed by atoms with Crippen molar-refractivity contribution in [2.24, 2.45) is 0 Å². The minimum absolute atomic E-state index is 0.293. The summed E-state index contributed by atoms with van der Waals surface area (Å²) in [5.41, 5.74) is 9.07. The fourth-order valence-electron chi connectivity index (χ4n) is 3.16. The van der Waals surface area contributed by atoms with E-state index in [1.54, 1.807) is 6.07 Å². The maximum atomic E-state index is 13.7. The van der Waals surface area contributed by atoms with Crippen LogP contribution in [0.3, 0.4) is 0 Å². The Labute approximate surface area is 134 Å². The van der Waals surface area contributed by atoms with Gasteiger partial charge >= 0.3 is 0 Å². The molecule has 0 radical (unpaired) electrons. The number of fused-ring (bicyclic) bond motifs is 2. The van der Waals surface area contributed by atoms with Crippen LogP contribution in [-0.2, 0) is 11.3 Å². The minimum atomic E-state index is -0.313. The first-order chi connectivity index (χ1) is 10.1. The molecule has 1 aromatic carbocycles. The van der Waals surface area contributed by atoms with Crippen molar-refractivity contribution in [2.45, 2.75) is 31.5 Å². The van der Waals surface area contributed by atoms with Crippen molar-refractivity contribution in [1.29, 1.82) is 0 Å². The number of aromatic nitrogens is 1. The average Bonchev–Trinajstić information content (AvgIpc) is 3.24. The molecule has 0 spiro atoms. The standard InChI is InChI=1S/C15H13FIN3O/c16-9-4-3-8-14(18)12-10(19-15(8)13(9)17)5-20(7-1-2-7)11(12)6-21/h3-4,6-7,11H,1-2,5H2,(H2,18,19). The van der Waals surface area contributed by atoms with E-state index in [4.69, 9.17) is 5.73 Å². The number of anilines is 1. The van der Waals surface area contributed by atoms with Gasteiger partial charge in [-0.05, 0) is 47.6 Å². The monoisotopic (exact) mass is 397 g/mol. The predicted molar refractivity (Wildman–Crippen MR) is 86.2 cm³/mol. The van der Waals surface area contributed by atoms with Gasteiger partial charge in [-0.2, -0.15) is 0 Å². The number of rotatable bonds is 2. The molecule has 21 heavy (non-hydrogen) atoms. The van der Waals surface area contributed by atoms with Crippen molar-refractivity contribution in [3.05, 3.63) is 32.8 Å². The number of nitrogen functional groups attached to an aromatic ring is 1. The normalized spacial score (nSPS) is 21.7. The molecule has 1 unspecified atom stereocenters. The molecule has 4 rings (SSSR count). The Morgan fingerprint density at radius 3 is 2.86 bits per heavy atom. The molecule has 0 amide bonds. The molecule has 1 aliphatic carbocycles. The SMILES string of the molecule is Nc1c2c(nc3c(I)c(F)ccc13)CN(C1CC1)C2C=O. The lowest BCUT2D eigenvalue weighted by molar-refractivity contribution is -0.112. The van der Waals surface area contributed by atoms with Crippen molar-refractivity contribution in [2.75, 3.05) is 5.73 Å². The number of nitrogens with two attached hydrogens (primary N) is 1. The molecule has 6 heteroatoms. The van der Waals surface area contributed by atoms with Crippen LogP contribution in [0.4, 0.5) is 10.1 Å². The highest BCUT2D eigenvalue weighted by atomic mass is 127. The molecule has 2 aliphatic rings. The van der Waals surface area contributed by atoms with E-state index >= 15 is 0 Å². The quantitative estimate of drug-likeness (QED) is 0.626. The van der Waals surface area contributed by atoms with Crippen molar-refractivity contribution in [3.8, 4) is 0 Å². The zero-order valence-corrected chi connectivity index (χ0v) is 13.3. The second-order valence-electron chi connectivity index (χ2n) is 5.63. The number of carbonyl (C=O) groups is 1. The molecular formula is C15H13FIN3O. The molecule has 0 saturated heterocycles. The van der Waals surface area contributed by atoms with Crippen LogP contribution in [0.1, 0.15) is 30.1 Å². The number of halogens is 2. The molecule has 1 aromatic heterocycles. The van der Waals surface area contributed by atoms with Crippen LogP contribution in [0, 0.1) is 9.39 Å². The molecule has 0 bridgehead atoms. The molecule has 2 heterocycles. The molecule has 2 N–H and O–H groups in total. The van der Waals surface area contributed by atoms with E-state index in [2.05, 4.69) is 9.88 Å². The number of pyridine rings is 1. The van der Waals surface area contributed by atoms with Crippen molar-refractivity contribution in [1.82, 2.24) is 9.88 Å². The lowest BCUT2D eigenvalue weighted by Gasteiger charge is -2.19. The summed E-state index contributed by atoms with van der Waals surface area (Å²) in [6.45, 7) is 0.621. The first-order valence-corrected chi connectivity index (χ1v) is 7.96. The molecule has 1 aliphatic heterocycles. The lowest BCUT2D eigenvalue weighted by atomic mass is 10.0. The fraction of sp³-hybridized carbons (Fsp3) is 0.333. The first kappa shape index (κ1) is 13.4. The van der Waals surface area contributed by atoms with Gasteiger partial charge in [0.2, 0.25) is 0 Å². The van der Waals surface area contributed by atoms with Gasteiger partial charge in [-0.3, -0.25) is 4.90 Å². The number of aldehydes is 1. The van der Waals surface area contributed by atoms with Gasteiger partial charge in [0.1, 0.15) is 12.1 Å². The summed E-state index contributed by atoms with van der Waals surface area (Å²) < 4.78 is 14.2. The highest BCUT2D eigenvalue weighted by molar-refractivity contribution is 14.1. The Kier molecular flexibility index (Phi) is 2.94. The summed E-state index contributed by atoms with van der Waals surface area (Å²) in [6, 6.07) is 3.19. The Morgan fingerprint density at radius 2 is 2.19 bits per heavy atom. The molecule has 1 fully saturated rings. The number of benzene rings is 1. The largest absolute Gasteiger partial charge is 0.398 e. The van der Waals surface area contributed by atoms with Crippen molar-refractivity contribution < 1.29 is 9.18 Å². The van der Waals surface area contributed by atoms with Crippen LogP contribution >= 0.6 is 22.6 Å². The predicted octanol–water partition coefficient (Wildman–Crippen LogP) is 2.78. The molecule has 2 aromatic rings. The average molecular weight is 397 g/mol. The van der Waals surface area contributed by atoms with E-state index in [9.17, 15) is 9.18 Å². The van der Waals surface area contributed by atoms with Gasteiger partial charge in [0, 0.05) is 29.2 Å². The fourth-order valence-corrected chi connectivity index (χ4v) is 3.75. The van der Waals surface area contributed by atoms with Crippen LogP contribution in [0.2, 0.25) is 0 Å². The number of nitrogens with zero attached hydrogens (tertiary/aromatic N) is 2. The van der Waals surface area contributed by atoms with E-state index in [0.717, 1.165) is 35.8 Å². The maximum absolute atomic E-state index is 13.7. The molecule has 1 saturated carbocycles. The van der Waals surface area contributed by atoms with E-state index in [-0.39, 0.29) is 11.9 Å². The third-order valence-corrected chi connectivity index (χ3v) is 5.36. The lowest BCUT2D eigenvalue weighted by Crippen LogP contribution is -2.25. The van der Waals surface area contributed by atoms with Gasteiger partial charge in [0.15, 0.2) is 0 Å². The maximum Gasteiger partial charge on any atom is 0.141 e. The Balaban J connectivity index is 1.97. The highest BCUT2D eigenvalue weighted by Crippen LogP contribution is 2.44. The summed E-state index contributed by atoms with van der Waals surface area (Å²) in [7, 11) is 0. The first-order valence-electron chi connectivity index (χ1n) is 6.88. The van der Waals surface area contributed by atoms with Gasteiger partial charge in [-0.15, -0.1) is 0 Å². The van der Waals surface area contributed by atoms with E-state index in [0.29, 0.717) is 27.4 Å². The zero-order chi connectivity index (χ0) is 14.7. The topological polar surface area (TPSA) is 59.2 Å². The third kappa shape index (κ3) is 1.88. The summed E-state index contributed by atoms with van der Waals surface area (Å²) in [4.78, 5) is 18.3. The Hall–Kier alpha value is -1.28. The van der Waals surface area contributed by atoms with Gasteiger partial charge in [-0.25, -0.2) is 9.37 Å². The summed E-state index contributed by atoms with van der Waals surface area (Å²) >= 11 is 1.95. The molecule has 1 atom stereocenters. The summed E-state index contributed by atoms with van der Waals surface area (Å²) in [6.07, 6.45) is 3.18.